The molecule has 2 heterocycles. The van der Waals surface area contributed by atoms with Gasteiger partial charge in [-0.2, -0.15) is 0 Å². The summed E-state index contributed by atoms with van der Waals surface area (Å²) in [5, 5.41) is 0. The monoisotopic (exact) mass is 379 g/mol. The van der Waals surface area contributed by atoms with Gasteiger partial charge < -0.3 is 9.64 Å². The van der Waals surface area contributed by atoms with Gasteiger partial charge in [0.15, 0.2) is 0 Å². The first-order valence-corrected chi connectivity index (χ1v) is 10.4. The van der Waals surface area contributed by atoms with Gasteiger partial charge in [-0.3, -0.25) is 9.88 Å². The Balaban J connectivity index is 1.54. The van der Waals surface area contributed by atoms with Gasteiger partial charge in [0.1, 0.15) is 0 Å². The van der Waals surface area contributed by atoms with Crippen LogP contribution in [0.2, 0.25) is 0 Å². The van der Waals surface area contributed by atoms with Crippen LogP contribution in [0, 0.1) is 5.92 Å². The van der Waals surface area contributed by atoms with Crippen molar-refractivity contribution in [3.8, 4) is 0 Å². The van der Waals surface area contributed by atoms with Crippen LogP contribution in [0.25, 0.3) is 6.08 Å². The van der Waals surface area contributed by atoms with E-state index < -0.39 is 0 Å². The molecule has 1 aliphatic rings. The van der Waals surface area contributed by atoms with E-state index in [9.17, 15) is 0 Å². The smallest absolute Gasteiger partial charge is 0.0589 e. The maximum absolute atomic E-state index is 5.22. The quantitative estimate of drug-likeness (QED) is 0.625. The van der Waals surface area contributed by atoms with Gasteiger partial charge in [-0.1, -0.05) is 42.5 Å². The summed E-state index contributed by atoms with van der Waals surface area (Å²) in [5.74, 6) is 0.769. The highest BCUT2D eigenvalue weighted by atomic mass is 16.5. The molecule has 0 N–H and O–H groups in total. The molecule has 0 spiro atoms. The standard InChI is InChI=1S/C24H33N3O/c1-28-19-18-26-16-11-24(12-17-26)21-27(20-23-9-13-25-14-10-23)15-5-8-22-6-3-2-4-7-22/h2-10,13-14,24H,11-12,15-21H2,1H3/b8-5+. The SMILES string of the molecule is COCCN1CCC(CN(C/C=C/c2ccccc2)Cc2ccncc2)CC1. The van der Waals surface area contributed by atoms with Gasteiger partial charge in [0, 0.05) is 45.7 Å². The molecule has 3 rings (SSSR count). The molecule has 0 bridgehead atoms. The largest absolute Gasteiger partial charge is 0.383 e. The third-order valence-corrected chi connectivity index (χ3v) is 5.46. The predicted octanol–water partition coefficient (Wildman–Crippen LogP) is 3.96. The Morgan fingerprint density at radius 1 is 1.11 bits per heavy atom. The van der Waals surface area contributed by atoms with Crippen LogP contribution in [0.1, 0.15) is 24.0 Å². The molecule has 1 aromatic carbocycles. The molecule has 4 nitrogen and oxygen atoms in total. The fourth-order valence-electron chi connectivity index (χ4n) is 3.83. The Bertz CT molecular complexity index is 682. The van der Waals surface area contributed by atoms with Gasteiger partial charge in [-0.05, 0) is 55.1 Å². The van der Waals surface area contributed by atoms with E-state index in [0.29, 0.717) is 0 Å². The van der Waals surface area contributed by atoms with Crippen LogP contribution >= 0.6 is 0 Å². The van der Waals surface area contributed by atoms with Crippen molar-refractivity contribution >= 4 is 6.08 Å². The lowest BCUT2D eigenvalue weighted by molar-refractivity contribution is 0.107. The Kier molecular flexibility index (Phi) is 8.69. The lowest BCUT2D eigenvalue weighted by atomic mass is 9.96. The number of nitrogens with zero attached hydrogens (tertiary/aromatic N) is 3. The summed E-state index contributed by atoms with van der Waals surface area (Å²) in [6.07, 6.45) is 10.9. The molecule has 1 aromatic heterocycles. The average Bonchev–Trinajstić information content (AvgIpc) is 2.75. The molecule has 0 aliphatic carbocycles. The van der Waals surface area contributed by atoms with Crippen LogP contribution in [-0.2, 0) is 11.3 Å². The van der Waals surface area contributed by atoms with Crippen molar-refractivity contribution in [3.05, 3.63) is 72.1 Å². The summed E-state index contributed by atoms with van der Waals surface area (Å²) in [7, 11) is 1.78. The molecule has 0 unspecified atom stereocenters. The van der Waals surface area contributed by atoms with Crippen LogP contribution in [0.15, 0.2) is 60.9 Å². The molecule has 4 heteroatoms. The van der Waals surface area contributed by atoms with E-state index in [4.69, 9.17) is 4.74 Å². The minimum atomic E-state index is 0.769. The number of rotatable bonds is 10. The lowest BCUT2D eigenvalue weighted by Gasteiger charge is -2.34. The summed E-state index contributed by atoms with van der Waals surface area (Å²) < 4.78 is 5.22. The van der Waals surface area contributed by atoms with Crippen molar-refractivity contribution in [2.75, 3.05) is 46.4 Å². The van der Waals surface area contributed by atoms with Gasteiger partial charge in [0.05, 0.1) is 6.61 Å². The molecule has 0 atom stereocenters. The number of likely N-dealkylation sites (tertiary alicyclic amines) is 1. The Morgan fingerprint density at radius 2 is 1.86 bits per heavy atom. The van der Waals surface area contributed by atoms with Crippen LogP contribution in [-0.4, -0.2) is 61.2 Å². The molecule has 2 aromatic rings. The number of hydrogen-bond donors (Lipinski definition) is 0. The fraction of sp³-hybridized carbons (Fsp3) is 0.458. The summed E-state index contributed by atoms with van der Waals surface area (Å²) >= 11 is 0. The summed E-state index contributed by atoms with van der Waals surface area (Å²) in [5.41, 5.74) is 2.60. The number of pyridine rings is 1. The van der Waals surface area contributed by atoms with Crippen molar-refractivity contribution in [3.63, 3.8) is 0 Å². The zero-order valence-corrected chi connectivity index (χ0v) is 17.0. The van der Waals surface area contributed by atoms with Crippen molar-refractivity contribution in [2.24, 2.45) is 5.92 Å². The summed E-state index contributed by atoms with van der Waals surface area (Å²) in [6, 6.07) is 14.8. The highest BCUT2D eigenvalue weighted by Crippen LogP contribution is 2.19. The predicted molar refractivity (Wildman–Crippen MR) is 116 cm³/mol. The molecular weight excluding hydrogens is 346 g/mol. The van der Waals surface area contributed by atoms with Gasteiger partial charge in [-0.25, -0.2) is 0 Å². The Labute approximate surface area is 169 Å². The molecule has 0 amide bonds. The van der Waals surface area contributed by atoms with Crippen molar-refractivity contribution < 1.29 is 4.74 Å². The number of benzene rings is 1. The van der Waals surface area contributed by atoms with E-state index in [-0.39, 0.29) is 0 Å². The maximum atomic E-state index is 5.22. The normalized spacial score (nSPS) is 16.2. The minimum Gasteiger partial charge on any atom is -0.383 e. The highest BCUT2D eigenvalue weighted by molar-refractivity contribution is 5.48. The second-order valence-electron chi connectivity index (χ2n) is 7.64. The van der Waals surface area contributed by atoms with E-state index >= 15 is 0 Å². The van der Waals surface area contributed by atoms with Crippen LogP contribution in [0.5, 0.6) is 0 Å². The Morgan fingerprint density at radius 3 is 2.57 bits per heavy atom. The molecule has 0 radical (unpaired) electrons. The number of aromatic nitrogens is 1. The molecule has 28 heavy (non-hydrogen) atoms. The molecule has 0 saturated carbocycles. The van der Waals surface area contributed by atoms with E-state index in [2.05, 4.69) is 69.4 Å². The maximum Gasteiger partial charge on any atom is 0.0589 e. The highest BCUT2D eigenvalue weighted by Gasteiger charge is 2.21. The van der Waals surface area contributed by atoms with Crippen molar-refractivity contribution in [1.82, 2.24) is 14.8 Å². The average molecular weight is 380 g/mol. The van der Waals surface area contributed by atoms with Crippen LogP contribution < -0.4 is 0 Å². The second-order valence-corrected chi connectivity index (χ2v) is 7.64. The van der Waals surface area contributed by atoms with E-state index in [1.807, 2.05) is 12.4 Å². The second kappa shape index (κ2) is 11.7. The molecule has 1 fully saturated rings. The fourth-order valence-corrected chi connectivity index (χ4v) is 3.83. The topological polar surface area (TPSA) is 28.6 Å². The van der Waals surface area contributed by atoms with Crippen LogP contribution in [0.4, 0.5) is 0 Å². The van der Waals surface area contributed by atoms with E-state index in [1.54, 1.807) is 7.11 Å². The zero-order chi connectivity index (χ0) is 19.4. The molecule has 150 valence electrons. The first kappa shape index (κ1) is 20.7. The van der Waals surface area contributed by atoms with Gasteiger partial charge >= 0.3 is 0 Å². The van der Waals surface area contributed by atoms with Gasteiger partial charge in [0.2, 0.25) is 0 Å². The lowest BCUT2D eigenvalue weighted by Crippen LogP contribution is -2.39. The molecule has 1 saturated heterocycles. The van der Waals surface area contributed by atoms with Crippen molar-refractivity contribution in [1.29, 1.82) is 0 Å². The van der Waals surface area contributed by atoms with Crippen LogP contribution in [0.3, 0.4) is 0 Å². The third kappa shape index (κ3) is 7.19. The molecular formula is C24H33N3O. The number of hydrogen-bond acceptors (Lipinski definition) is 4. The first-order valence-electron chi connectivity index (χ1n) is 10.4. The van der Waals surface area contributed by atoms with Gasteiger partial charge in [-0.15, -0.1) is 0 Å². The number of methoxy groups -OCH3 is 1. The summed E-state index contributed by atoms with van der Waals surface area (Å²) in [6.45, 7) is 7.38. The zero-order valence-electron chi connectivity index (χ0n) is 17.0. The number of piperidine rings is 1. The number of ether oxygens (including phenoxy) is 1. The summed E-state index contributed by atoms with van der Waals surface area (Å²) in [4.78, 5) is 9.26. The van der Waals surface area contributed by atoms with E-state index in [0.717, 1.165) is 38.7 Å². The minimum absolute atomic E-state index is 0.769. The van der Waals surface area contributed by atoms with E-state index in [1.165, 1.54) is 37.1 Å². The Hall–Kier alpha value is -2.01. The first-order chi connectivity index (χ1) is 13.8. The molecule has 1 aliphatic heterocycles. The van der Waals surface area contributed by atoms with Gasteiger partial charge in [0.25, 0.3) is 0 Å². The third-order valence-electron chi connectivity index (χ3n) is 5.46. The van der Waals surface area contributed by atoms with Crippen molar-refractivity contribution in [2.45, 2.75) is 19.4 Å².